The number of morpholine rings is 1. The van der Waals surface area contributed by atoms with Gasteiger partial charge in [0.1, 0.15) is 5.82 Å². The van der Waals surface area contributed by atoms with E-state index in [9.17, 15) is 9.18 Å². The van der Waals surface area contributed by atoms with Gasteiger partial charge in [0.2, 0.25) is 0 Å². The zero-order valence-electron chi connectivity index (χ0n) is 10.7. The van der Waals surface area contributed by atoms with E-state index in [-0.39, 0.29) is 30.3 Å². The maximum atomic E-state index is 13.1. The fraction of sp³-hybridized carbons (Fsp3) is 0.462. The molecule has 2 rings (SSSR count). The Morgan fingerprint density at radius 2 is 2.37 bits per heavy atom. The van der Waals surface area contributed by atoms with Crippen LogP contribution in [0.2, 0.25) is 0 Å². The van der Waals surface area contributed by atoms with Crippen molar-refractivity contribution in [3.05, 3.63) is 29.6 Å². The van der Waals surface area contributed by atoms with Crippen molar-refractivity contribution >= 4 is 11.6 Å². The van der Waals surface area contributed by atoms with Crippen LogP contribution in [0.1, 0.15) is 17.3 Å². The van der Waals surface area contributed by atoms with Crippen molar-refractivity contribution in [2.24, 2.45) is 0 Å². The average Bonchev–Trinajstić information content (AvgIpc) is 2.41. The first-order chi connectivity index (χ1) is 9.02. The molecule has 5 nitrogen and oxygen atoms in total. The van der Waals surface area contributed by atoms with Crippen LogP contribution < -0.4 is 5.73 Å². The summed E-state index contributed by atoms with van der Waals surface area (Å²) >= 11 is 0. The minimum Gasteiger partial charge on any atom is -0.396 e. The topological polar surface area (TPSA) is 75.8 Å². The summed E-state index contributed by atoms with van der Waals surface area (Å²) in [5.74, 6) is -0.777. The van der Waals surface area contributed by atoms with Gasteiger partial charge >= 0.3 is 0 Å². The molecule has 0 radical (unpaired) electrons. The number of ether oxygens (including phenoxy) is 1. The van der Waals surface area contributed by atoms with Gasteiger partial charge < -0.3 is 20.5 Å². The van der Waals surface area contributed by atoms with Crippen LogP contribution in [0.5, 0.6) is 0 Å². The van der Waals surface area contributed by atoms with Crippen molar-refractivity contribution in [1.82, 2.24) is 4.90 Å². The highest BCUT2D eigenvalue weighted by atomic mass is 19.1. The molecule has 6 heteroatoms. The van der Waals surface area contributed by atoms with Crippen molar-refractivity contribution in [3.8, 4) is 0 Å². The Labute approximate surface area is 110 Å². The van der Waals surface area contributed by atoms with E-state index < -0.39 is 5.82 Å². The van der Waals surface area contributed by atoms with E-state index in [1.165, 1.54) is 18.2 Å². The van der Waals surface area contributed by atoms with Gasteiger partial charge in [-0.1, -0.05) is 0 Å². The second kappa shape index (κ2) is 5.54. The SMILES string of the molecule is CC1COC(CO)CN1C(=O)c1ccc(F)c(N)c1. The number of nitrogens with zero attached hydrogens (tertiary/aromatic N) is 1. The Kier molecular flexibility index (Phi) is 4.01. The zero-order chi connectivity index (χ0) is 14.0. The van der Waals surface area contributed by atoms with Crippen LogP contribution in [-0.4, -0.2) is 47.8 Å². The smallest absolute Gasteiger partial charge is 0.254 e. The van der Waals surface area contributed by atoms with Crippen LogP contribution in [0, 0.1) is 5.82 Å². The van der Waals surface area contributed by atoms with Crippen molar-refractivity contribution in [1.29, 1.82) is 0 Å². The number of amides is 1. The second-order valence-electron chi connectivity index (χ2n) is 4.68. The van der Waals surface area contributed by atoms with Crippen LogP contribution in [0.25, 0.3) is 0 Å². The number of carbonyl (C=O) groups is 1. The standard InChI is InChI=1S/C13H17FN2O3/c1-8-7-19-10(6-17)5-16(8)13(18)9-2-3-11(14)12(15)4-9/h2-4,8,10,17H,5-7,15H2,1H3. The van der Waals surface area contributed by atoms with Crippen LogP contribution in [0.3, 0.4) is 0 Å². The first-order valence-electron chi connectivity index (χ1n) is 6.11. The number of hydrogen-bond acceptors (Lipinski definition) is 4. The Morgan fingerprint density at radius 3 is 3.00 bits per heavy atom. The molecule has 19 heavy (non-hydrogen) atoms. The number of nitrogen functional groups attached to an aromatic ring is 1. The molecule has 2 atom stereocenters. The summed E-state index contributed by atoms with van der Waals surface area (Å²) in [7, 11) is 0. The fourth-order valence-corrected chi connectivity index (χ4v) is 2.05. The molecule has 1 saturated heterocycles. The number of hydrogen-bond donors (Lipinski definition) is 2. The van der Waals surface area contributed by atoms with Crippen LogP contribution in [0.15, 0.2) is 18.2 Å². The lowest BCUT2D eigenvalue weighted by atomic mass is 10.1. The van der Waals surface area contributed by atoms with Crippen molar-refractivity contribution in [2.75, 3.05) is 25.5 Å². The Bertz CT molecular complexity index is 481. The molecule has 1 aliphatic heterocycles. The maximum Gasteiger partial charge on any atom is 0.254 e. The molecule has 1 fully saturated rings. The zero-order valence-corrected chi connectivity index (χ0v) is 10.7. The van der Waals surface area contributed by atoms with Crippen LogP contribution in [-0.2, 0) is 4.74 Å². The summed E-state index contributed by atoms with van der Waals surface area (Å²) in [6.07, 6.45) is -0.377. The number of halogens is 1. The number of benzene rings is 1. The molecular formula is C13H17FN2O3. The average molecular weight is 268 g/mol. The number of anilines is 1. The predicted molar refractivity (Wildman–Crippen MR) is 68.1 cm³/mol. The van der Waals surface area contributed by atoms with Gasteiger partial charge in [-0.2, -0.15) is 0 Å². The van der Waals surface area contributed by atoms with Gasteiger partial charge in [-0.05, 0) is 25.1 Å². The molecule has 1 heterocycles. The molecule has 1 amide bonds. The largest absolute Gasteiger partial charge is 0.396 e. The van der Waals surface area contributed by atoms with E-state index in [2.05, 4.69) is 0 Å². The highest BCUT2D eigenvalue weighted by Gasteiger charge is 2.30. The van der Waals surface area contributed by atoms with Gasteiger partial charge in [0, 0.05) is 12.1 Å². The van der Waals surface area contributed by atoms with Crippen LogP contribution in [0.4, 0.5) is 10.1 Å². The molecule has 0 bridgehead atoms. The summed E-state index contributed by atoms with van der Waals surface area (Å²) in [5.41, 5.74) is 5.75. The van der Waals surface area contributed by atoms with E-state index >= 15 is 0 Å². The lowest BCUT2D eigenvalue weighted by Gasteiger charge is -2.37. The third kappa shape index (κ3) is 2.85. The van der Waals surface area contributed by atoms with E-state index in [1.54, 1.807) is 4.90 Å². The second-order valence-corrected chi connectivity index (χ2v) is 4.68. The van der Waals surface area contributed by atoms with Gasteiger partial charge in [-0.15, -0.1) is 0 Å². The molecule has 2 unspecified atom stereocenters. The van der Waals surface area contributed by atoms with Crippen molar-refractivity contribution in [2.45, 2.75) is 19.1 Å². The first kappa shape index (κ1) is 13.8. The third-order valence-corrected chi connectivity index (χ3v) is 3.21. The van der Waals surface area contributed by atoms with Crippen molar-refractivity contribution in [3.63, 3.8) is 0 Å². The third-order valence-electron chi connectivity index (χ3n) is 3.21. The van der Waals surface area contributed by atoms with Crippen molar-refractivity contribution < 1.29 is 19.0 Å². The minimum absolute atomic E-state index is 0.0505. The van der Waals surface area contributed by atoms with Gasteiger partial charge in [-0.3, -0.25) is 4.79 Å². The van der Waals surface area contributed by atoms with Gasteiger partial charge in [0.15, 0.2) is 0 Å². The van der Waals surface area contributed by atoms with Crippen LogP contribution >= 0.6 is 0 Å². The molecular weight excluding hydrogens is 251 g/mol. The highest BCUT2D eigenvalue weighted by Crippen LogP contribution is 2.18. The number of aliphatic hydroxyl groups is 1. The molecule has 0 aliphatic carbocycles. The van der Waals surface area contributed by atoms with Gasteiger partial charge in [-0.25, -0.2) is 4.39 Å². The molecule has 3 N–H and O–H groups in total. The minimum atomic E-state index is -0.542. The maximum absolute atomic E-state index is 13.1. The molecule has 1 aliphatic rings. The number of carbonyl (C=O) groups excluding carboxylic acids is 1. The molecule has 0 spiro atoms. The fourth-order valence-electron chi connectivity index (χ4n) is 2.05. The van der Waals surface area contributed by atoms with E-state index in [4.69, 9.17) is 15.6 Å². The predicted octanol–water partition coefficient (Wildman–Crippen LogP) is 0.630. The highest BCUT2D eigenvalue weighted by molar-refractivity contribution is 5.95. The summed E-state index contributed by atoms with van der Waals surface area (Å²) in [4.78, 5) is 14.0. The summed E-state index contributed by atoms with van der Waals surface area (Å²) in [6, 6.07) is 3.82. The lowest BCUT2D eigenvalue weighted by Crippen LogP contribution is -2.52. The number of nitrogens with two attached hydrogens (primary N) is 1. The Balaban J connectivity index is 2.19. The Morgan fingerprint density at radius 1 is 1.63 bits per heavy atom. The number of rotatable bonds is 2. The van der Waals surface area contributed by atoms with E-state index in [1.807, 2.05) is 6.92 Å². The number of aliphatic hydroxyl groups excluding tert-OH is 1. The molecule has 0 saturated carbocycles. The first-order valence-corrected chi connectivity index (χ1v) is 6.11. The summed E-state index contributed by atoms with van der Waals surface area (Å²) in [6.45, 7) is 2.40. The molecule has 1 aromatic rings. The monoisotopic (exact) mass is 268 g/mol. The van der Waals surface area contributed by atoms with Gasteiger partial charge in [0.05, 0.1) is 31.0 Å². The summed E-state index contributed by atoms with van der Waals surface area (Å²) < 4.78 is 18.5. The van der Waals surface area contributed by atoms with E-state index in [0.29, 0.717) is 18.7 Å². The molecule has 104 valence electrons. The Hall–Kier alpha value is -1.66. The quantitative estimate of drug-likeness (QED) is 0.771. The van der Waals surface area contributed by atoms with Gasteiger partial charge in [0.25, 0.3) is 5.91 Å². The lowest BCUT2D eigenvalue weighted by molar-refractivity contribution is -0.0667. The van der Waals surface area contributed by atoms with E-state index in [0.717, 1.165) is 0 Å². The molecule has 1 aromatic carbocycles. The summed E-state index contributed by atoms with van der Waals surface area (Å²) in [5, 5.41) is 9.10. The molecule has 0 aromatic heterocycles. The normalized spacial score (nSPS) is 23.4.